The summed E-state index contributed by atoms with van der Waals surface area (Å²) in [5.41, 5.74) is 2.57. The number of ether oxygens (including phenoxy) is 1. The lowest BCUT2D eigenvalue weighted by atomic mass is 10.0. The first-order valence-electron chi connectivity index (χ1n) is 9.37. The highest BCUT2D eigenvalue weighted by Crippen LogP contribution is 2.33. The van der Waals surface area contributed by atoms with E-state index in [4.69, 9.17) is 4.74 Å². The van der Waals surface area contributed by atoms with Crippen LogP contribution in [0.2, 0.25) is 0 Å². The molecular weight excluding hydrogens is 375 g/mol. The van der Waals surface area contributed by atoms with Crippen LogP contribution in [0.3, 0.4) is 0 Å². The van der Waals surface area contributed by atoms with E-state index >= 15 is 0 Å². The summed E-state index contributed by atoms with van der Waals surface area (Å²) >= 11 is 0. The molecule has 29 heavy (non-hydrogen) atoms. The van der Waals surface area contributed by atoms with Crippen molar-refractivity contribution in [3.8, 4) is 11.1 Å². The smallest absolute Gasteiger partial charge is 0.414 e. The number of rotatable bonds is 5. The molecule has 0 unspecified atom stereocenters. The van der Waals surface area contributed by atoms with Gasteiger partial charge in [-0.2, -0.15) is 0 Å². The maximum absolute atomic E-state index is 14.9. The number of aromatic nitrogens is 1. The van der Waals surface area contributed by atoms with Gasteiger partial charge >= 0.3 is 6.09 Å². The standard InChI is InChI=1S/C21H21FN4O3/c1-3-25-7-6-14-8-15(10-24-20(14)25)18-5-4-16(9-19(18)22)26-12-17(29-21(26)28)11-23-13(2)27/h3-5,8-10,17H,1,6-7,11-12H2,2H3,(H,23,27)/t17-/m0/s1. The number of carbonyl (C=O) groups is 2. The molecule has 2 aromatic rings. The first-order chi connectivity index (χ1) is 14.0. The monoisotopic (exact) mass is 396 g/mol. The molecule has 3 heterocycles. The van der Waals surface area contributed by atoms with Gasteiger partial charge in [0.1, 0.15) is 17.7 Å². The molecule has 1 fully saturated rings. The minimum Gasteiger partial charge on any atom is -0.442 e. The van der Waals surface area contributed by atoms with Gasteiger partial charge in [0.25, 0.3) is 0 Å². The molecule has 4 rings (SSSR count). The van der Waals surface area contributed by atoms with Crippen LogP contribution >= 0.6 is 0 Å². The minimum absolute atomic E-state index is 0.200. The van der Waals surface area contributed by atoms with Crippen molar-refractivity contribution in [3.05, 3.63) is 54.6 Å². The van der Waals surface area contributed by atoms with Crippen molar-refractivity contribution < 1.29 is 18.7 Å². The second kappa shape index (κ2) is 7.54. The topological polar surface area (TPSA) is 74.8 Å². The number of amides is 2. The molecule has 8 heteroatoms. The fraction of sp³-hybridized carbons (Fsp3) is 0.286. The SMILES string of the molecule is C=CN1CCc2cc(-c3ccc(N4C[C@H](CNC(C)=O)OC4=O)cc3F)cnc21. The van der Waals surface area contributed by atoms with E-state index < -0.39 is 18.0 Å². The lowest BCUT2D eigenvalue weighted by molar-refractivity contribution is -0.119. The Morgan fingerprint density at radius 1 is 1.45 bits per heavy atom. The molecule has 0 radical (unpaired) electrons. The van der Waals surface area contributed by atoms with Gasteiger partial charge in [0.15, 0.2) is 0 Å². The Kier molecular flexibility index (Phi) is 4.92. The van der Waals surface area contributed by atoms with Gasteiger partial charge in [-0.15, -0.1) is 0 Å². The van der Waals surface area contributed by atoms with Gasteiger partial charge in [0.05, 0.1) is 18.8 Å². The molecule has 1 N–H and O–H groups in total. The normalized spacial score (nSPS) is 17.9. The molecule has 2 aliphatic rings. The van der Waals surface area contributed by atoms with Crippen LogP contribution in [-0.4, -0.2) is 42.7 Å². The Bertz CT molecular complexity index is 994. The molecule has 2 aliphatic heterocycles. The van der Waals surface area contributed by atoms with Crippen molar-refractivity contribution in [2.45, 2.75) is 19.4 Å². The molecule has 0 saturated carbocycles. The van der Waals surface area contributed by atoms with E-state index in [1.165, 1.54) is 17.9 Å². The van der Waals surface area contributed by atoms with Crippen molar-refractivity contribution >= 4 is 23.5 Å². The number of nitrogens with zero attached hydrogens (tertiary/aromatic N) is 3. The molecule has 1 aromatic carbocycles. The third-order valence-corrected chi connectivity index (χ3v) is 5.09. The van der Waals surface area contributed by atoms with Gasteiger partial charge in [-0.25, -0.2) is 14.2 Å². The number of carbonyl (C=O) groups excluding carboxylic acids is 2. The van der Waals surface area contributed by atoms with E-state index in [1.54, 1.807) is 24.5 Å². The lowest BCUT2D eigenvalue weighted by Crippen LogP contribution is -2.33. The van der Waals surface area contributed by atoms with Crippen LogP contribution in [0.25, 0.3) is 11.1 Å². The largest absolute Gasteiger partial charge is 0.442 e. The maximum atomic E-state index is 14.9. The van der Waals surface area contributed by atoms with Gasteiger partial charge in [0.2, 0.25) is 5.91 Å². The Morgan fingerprint density at radius 2 is 2.28 bits per heavy atom. The van der Waals surface area contributed by atoms with E-state index in [2.05, 4.69) is 16.9 Å². The quantitative estimate of drug-likeness (QED) is 0.841. The average Bonchev–Trinajstić information content (AvgIpc) is 3.28. The van der Waals surface area contributed by atoms with Crippen LogP contribution in [-0.2, 0) is 16.0 Å². The van der Waals surface area contributed by atoms with Gasteiger partial charge in [-0.1, -0.05) is 6.58 Å². The van der Waals surface area contributed by atoms with Crippen molar-refractivity contribution in [1.82, 2.24) is 10.3 Å². The van der Waals surface area contributed by atoms with E-state index in [0.717, 1.165) is 24.3 Å². The Morgan fingerprint density at radius 3 is 3.00 bits per heavy atom. The van der Waals surface area contributed by atoms with Crippen LogP contribution in [0, 0.1) is 5.82 Å². The fourth-order valence-electron chi connectivity index (χ4n) is 3.62. The zero-order chi connectivity index (χ0) is 20.5. The molecule has 1 atom stereocenters. The molecule has 7 nitrogen and oxygen atoms in total. The van der Waals surface area contributed by atoms with Gasteiger partial charge < -0.3 is 15.0 Å². The third kappa shape index (κ3) is 3.65. The van der Waals surface area contributed by atoms with E-state index in [0.29, 0.717) is 16.8 Å². The number of pyridine rings is 1. The number of hydrogen-bond donors (Lipinski definition) is 1. The van der Waals surface area contributed by atoms with Crippen molar-refractivity contribution in [3.63, 3.8) is 0 Å². The number of hydrogen-bond acceptors (Lipinski definition) is 5. The Hall–Kier alpha value is -3.42. The van der Waals surface area contributed by atoms with Crippen LogP contribution in [0.1, 0.15) is 12.5 Å². The number of anilines is 2. The lowest BCUT2D eigenvalue weighted by Gasteiger charge is -2.15. The van der Waals surface area contributed by atoms with E-state index in [-0.39, 0.29) is 19.0 Å². The number of nitrogens with one attached hydrogen (secondary N) is 1. The highest BCUT2D eigenvalue weighted by molar-refractivity contribution is 5.90. The van der Waals surface area contributed by atoms with Gasteiger partial charge in [-0.05, 0) is 42.4 Å². The highest BCUT2D eigenvalue weighted by Gasteiger charge is 2.32. The molecule has 0 aliphatic carbocycles. The van der Waals surface area contributed by atoms with Gasteiger partial charge in [0, 0.05) is 30.8 Å². The summed E-state index contributed by atoms with van der Waals surface area (Å²) in [6.45, 7) is 6.45. The van der Waals surface area contributed by atoms with Crippen molar-refractivity contribution in [2.24, 2.45) is 0 Å². The second-order valence-electron chi connectivity index (χ2n) is 7.05. The number of halogens is 1. The van der Waals surface area contributed by atoms with Crippen molar-refractivity contribution in [2.75, 3.05) is 29.4 Å². The first-order valence-corrected chi connectivity index (χ1v) is 9.37. The third-order valence-electron chi connectivity index (χ3n) is 5.09. The molecule has 0 spiro atoms. The zero-order valence-corrected chi connectivity index (χ0v) is 16.0. The summed E-state index contributed by atoms with van der Waals surface area (Å²) in [6, 6.07) is 6.59. The van der Waals surface area contributed by atoms with Gasteiger partial charge in [-0.3, -0.25) is 9.69 Å². The molecule has 2 amide bonds. The maximum Gasteiger partial charge on any atom is 0.414 e. The van der Waals surface area contributed by atoms with E-state index in [1.807, 2.05) is 11.0 Å². The fourth-order valence-corrected chi connectivity index (χ4v) is 3.62. The molecule has 0 bridgehead atoms. The summed E-state index contributed by atoms with van der Waals surface area (Å²) in [5.74, 6) is 0.209. The van der Waals surface area contributed by atoms with Crippen LogP contribution in [0.5, 0.6) is 0 Å². The average molecular weight is 396 g/mol. The summed E-state index contributed by atoms with van der Waals surface area (Å²) < 4.78 is 20.1. The predicted molar refractivity (Wildman–Crippen MR) is 107 cm³/mol. The second-order valence-corrected chi connectivity index (χ2v) is 7.05. The molecule has 1 aromatic heterocycles. The summed E-state index contributed by atoms with van der Waals surface area (Å²) in [6.07, 6.45) is 3.19. The minimum atomic E-state index is -0.559. The highest BCUT2D eigenvalue weighted by atomic mass is 19.1. The molecule has 150 valence electrons. The molecular formula is C21H21FN4O3. The predicted octanol–water partition coefficient (Wildman–Crippen LogP) is 2.86. The summed E-state index contributed by atoms with van der Waals surface area (Å²) in [4.78, 5) is 30.9. The summed E-state index contributed by atoms with van der Waals surface area (Å²) in [7, 11) is 0. The Labute approximate surface area is 167 Å². The number of cyclic esters (lactones) is 1. The Balaban J connectivity index is 1.54. The number of benzene rings is 1. The van der Waals surface area contributed by atoms with Crippen molar-refractivity contribution in [1.29, 1.82) is 0 Å². The molecule has 1 saturated heterocycles. The van der Waals surface area contributed by atoms with Crippen LogP contribution < -0.4 is 15.1 Å². The van der Waals surface area contributed by atoms with Crippen LogP contribution in [0.15, 0.2) is 43.2 Å². The zero-order valence-electron chi connectivity index (χ0n) is 16.0. The van der Waals surface area contributed by atoms with Crippen LogP contribution in [0.4, 0.5) is 20.7 Å². The first kappa shape index (κ1) is 18.9. The summed E-state index contributed by atoms with van der Waals surface area (Å²) in [5, 5.41) is 2.62. The number of fused-ring (bicyclic) bond motifs is 1. The van der Waals surface area contributed by atoms with E-state index in [9.17, 15) is 14.0 Å².